The van der Waals surface area contributed by atoms with E-state index < -0.39 is 0 Å². The third-order valence-corrected chi connectivity index (χ3v) is 3.86. The van der Waals surface area contributed by atoms with E-state index in [0.717, 1.165) is 37.6 Å². The van der Waals surface area contributed by atoms with Crippen LogP contribution in [0.25, 0.3) is 0 Å². The van der Waals surface area contributed by atoms with Crippen molar-refractivity contribution in [3.8, 4) is 0 Å². The number of hydrogen-bond donors (Lipinski definition) is 1. The Balaban J connectivity index is 1.86. The van der Waals surface area contributed by atoms with E-state index >= 15 is 0 Å². The van der Waals surface area contributed by atoms with Crippen LogP contribution in [-0.2, 0) is 13.0 Å². The van der Waals surface area contributed by atoms with Crippen LogP contribution in [0.2, 0.25) is 0 Å². The van der Waals surface area contributed by atoms with E-state index in [1.807, 2.05) is 12.4 Å². The summed E-state index contributed by atoms with van der Waals surface area (Å²) in [7, 11) is 0. The highest BCUT2D eigenvalue weighted by molar-refractivity contribution is 5.63. The predicted octanol–water partition coefficient (Wildman–Crippen LogP) is 2.92. The van der Waals surface area contributed by atoms with E-state index in [2.05, 4.69) is 58.3 Å². The van der Waals surface area contributed by atoms with Crippen molar-refractivity contribution in [3.63, 3.8) is 0 Å². The summed E-state index contributed by atoms with van der Waals surface area (Å²) in [6.07, 6.45) is 4.98. The minimum absolute atomic E-state index is 0.616. The molecule has 0 bridgehead atoms. The zero-order valence-corrected chi connectivity index (χ0v) is 12.7. The topological polar surface area (TPSA) is 41.1 Å². The Hall–Kier alpha value is -1.94. The molecule has 1 aromatic heterocycles. The van der Waals surface area contributed by atoms with Gasteiger partial charge in [0.05, 0.1) is 0 Å². The molecule has 4 nitrogen and oxygen atoms in total. The lowest BCUT2D eigenvalue weighted by molar-refractivity contribution is 0.557. The van der Waals surface area contributed by atoms with Gasteiger partial charge in [0.15, 0.2) is 0 Å². The Kier molecular flexibility index (Phi) is 4.15. The van der Waals surface area contributed by atoms with Crippen molar-refractivity contribution in [3.05, 3.63) is 47.8 Å². The highest BCUT2D eigenvalue weighted by Crippen LogP contribution is 2.33. The van der Waals surface area contributed by atoms with Gasteiger partial charge >= 0.3 is 0 Å². The molecular weight excluding hydrogens is 260 g/mol. The molecule has 0 saturated carbocycles. The highest BCUT2D eigenvalue weighted by atomic mass is 15.3. The smallest absolute Gasteiger partial charge is 0.229 e. The van der Waals surface area contributed by atoms with Gasteiger partial charge < -0.3 is 10.2 Å². The monoisotopic (exact) mass is 282 g/mol. The summed E-state index contributed by atoms with van der Waals surface area (Å²) in [5.74, 6) is 1.42. The lowest BCUT2D eigenvalue weighted by atomic mass is 9.94. The van der Waals surface area contributed by atoms with E-state index in [1.54, 1.807) is 0 Å². The summed E-state index contributed by atoms with van der Waals surface area (Å²) in [5.41, 5.74) is 3.76. The molecule has 4 heteroatoms. The Morgan fingerprint density at radius 2 is 2.00 bits per heavy atom. The maximum Gasteiger partial charge on any atom is 0.229 e. The third kappa shape index (κ3) is 3.05. The maximum atomic E-state index is 4.56. The number of aromatic nitrogens is 2. The van der Waals surface area contributed by atoms with E-state index in [0.29, 0.717) is 5.92 Å². The van der Waals surface area contributed by atoms with Crippen molar-refractivity contribution >= 4 is 11.6 Å². The Morgan fingerprint density at radius 3 is 2.76 bits per heavy atom. The molecule has 110 valence electrons. The SMILES string of the molecule is CCNCc1cnc(N2CC(C)Cc3ccccc32)nc1. The van der Waals surface area contributed by atoms with Crippen molar-refractivity contribution in [2.45, 2.75) is 26.8 Å². The summed E-state index contributed by atoms with van der Waals surface area (Å²) >= 11 is 0. The van der Waals surface area contributed by atoms with Crippen molar-refractivity contribution in [2.24, 2.45) is 5.92 Å². The van der Waals surface area contributed by atoms with Gasteiger partial charge in [0, 0.05) is 36.7 Å². The van der Waals surface area contributed by atoms with Crippen LogP contribution in [0.1, 0.15) is 25.0 Å². The number of nitrogens with zero attached hydrogens (tertiary/aromatic N) is 3. The molecule has 3 rings (SSSR count). The highest BCUT2D eigenvalue weighted by Gasteiger charge is 2.23. The second kappa shape index (κ2) is 6.22. The van der Waals surface area contributed by atoms with Gasteiger partial charge in [-0.2, -0.15) is 0 Å². The van der Waals surface area contributed by atoms with Crippen molar-refractivity contribution in [1.29, 1.82) is 0 Å². The molecule has 21 heavy (non-hydrogen) atoms. The van der Waals surface area contributed by atoms with Gasteiger partial charge in [0.2, 0.25) is 5.95 Å². The van der Waals surface area contributed by atoms with Crippen molar-refractivity contribution in [2.75, 3.05) is 18.0 Å². The lowest BCUT2D eigenvalue weighted by Gasteiger charge is -2.33. The van der Waals surface area contributed by atoms with Gasteiger partial charge in [-0.3, -0.25) is 0 Å². The largest absolute Gasteiger partial charge is 0.313 e. The summed E-state index contributed by atoms with van der Waals surface area (Å²) < 4.78 is 0. The fraction of sp³-hybridized carbons (Fsp3) is 0.412. The predicted molar refractivity (Wildman–Crippen MR) is 85.7 cm³/mol. The van der Waals surface area contributed by atoms with Crippen LogP contribution in [-0.4, -0.2) is 23.1 Å². The fourth-order valence-electron chi connectivity index (χ4n) is 2.83. The van der Waals surface area contributed by atoms with Crippen LogP contribution in [0.15, 0.2) is 36.7 Å². The molecule has 1 aliphatic rings. The minimum Gasteiger partial charge on any atom is -0.313 e. The molecule has 1 unspecified atom stereocenters. The van der Waals surface area contributed by atoms with Gasteiger partial charge in [0.1, 0.15) is 0 Å². The molecule has 0 amide bonds. The first-order valence-electron chi connectivity index (χ1n) is 7.65. The number of anilines is 2. The molecule has 1 aliphatic heterocycles. The molecule has 0 aliphatic carbocycles. The van der Waals surface area contributed by atoms with Crippen molar-refractivity contribution in [1.82, 2.24) is 15.3 Å². The zero-order valence-electron chi connectivity index (χ0n) is 12.7. The molecule has 1 N–H and O–H groups in total. The molecule has 1 atom stereocenters. The Bertz CT molecular complexity index is 594. The molecular formula is C17H22N4. The fourth-order valence-corrected chi connectivity index (χ4v) is 2.83. The van der Waals surface area contributed by atoms with Crippen molar-refractivity contribution < 1.29 is 0 Å². The lowest BCUT2D eigenvalue weighted by Crippen LogP contribution is -2.31. The van der Waals surface area contributed by atoms with Crippen LogP contribution in [0.4, 0.5) is 11.6 Å². The first kappa shape index (κ1) is 14.0. The van der Waals surface area contributed by atoms with Gasteiger partial charge in [-0.25, -0.2) is 9.97 Å². The molecule has 2 aromatic rings. The number of fused-ring (bicyclic) bond motifs is 1. The second-order valence-corrected chi connectivity index (χ2v) is 5.72. The van der Waals surface area contributed by atoms with Gasteiger partial charge in [-0.05, 0) is 30.5 Å². The Morgan fingerprint density at radius 1 is 1.24 bits per heavy atom. The maximum absolute atomic E-state index is 4.56. The molecule has 0 fully saturated rings. The van der Waals surface area contributed by atoms with E-state index in [1.165, 1.54) is 11.3 Å². The number of rotatable bonds is 4. The summed E-state index contributed by atoms with van der Waals surface area (Å²) in [4.78, 5) is 11.4. The first-order valence-corrected chi connectivity index (χ1v) is 7.65. The van der Waals surface area contributed by atoms with Crippen LogP contribution >= 0.6 is 0 Å². The number of para-hydroxylation sites is 1. The van der Waals surface area contributed by atoms with Crippen LogP contribution in [0.3, 0.4) is 0 Å². The molecule has 0 saturated heterocycles. The summed E-state index contributed by atoms with van der Waals surface area (Å²) in [6, 6.07) is 8.56. The van der Waals surface area contributed by atoms with Gasteiger partial charge in [-0.1, -0.05) is 32.0 Å². The van der Waals surface area contributed by atoms with E-state index in [4.69, 9.17) is 0 Å². The van der Waals surface area contributed by atoms with Gasteiger partial charge in [0.25, 0.3) is 0 Å². The third-order valence-electron chi connectivity index (χ3n) is 3.86. The Labute approximate surface area is 126 Å². The molecule has 1 aromatic carbocycles. The normalized spacial score (nSPS) is 17.6. The molecule has 2 heterocycles. The van der Waals surface area contributed by atoms with Crippen LogP contribution < -0.4 is 10.2 Å². The average molecular weight is 282 g/mol. The summed E-state index contributed by atoms with van der Waals surface area (Å²) in [5, 5.41) is 3.29. The molecule has 0 spiro atoms. The van der Waals surface area contributed by atoms with E-state index in [9.17, 15) is 0 Å². The van der Waals surface area contributed by atoms with Crippen LogP contribution in [0.5, 0.6) is 0 Å². The summed E-state index contributed by atoms with van der Waals surface area (Å²) in [6.45, 7) is 7.13. The second-order valence-electron chi connectivity index (χ2n) is 5.72. The number of benzene rings is 1. The molecule has 0 radical (unpaired) electrons. The average Bonchev–Trinajstić information content (AvgIpc) is 2.52. The van der Waals surface area contributed by atoms with Gasteiger partial charge in [-0.15, -0.1) is 0 Å². The minimum atomic E-state index is 0.616. The number of nitrogens with one attached hydrogen (secondary N) is 1. The number of hydrogen-bond acceptors (Lipinski definition) is 4. The first-order chi connectivity index (χ1) is 10.3. The quantitative estimate of drug-likeness (QED) is 0.936. The van der Waals surface area contributed by atoms with E-state index in [-0.39, 0.29) is 0 Å². The standard InChI is InChI=1S/C17H22N4/c1-3-18-9-14-10-19-17(20-11-14)21-12-13(2)8-15-6-4-5-7-16(15)21/h4-7,10-11,13,18H,3,8-9,12H2,1-2H3. The zero-order chi connectivity index (χ0) is 14.7. The van der Waals surface area contributed by atoms with Crippen LogP contribution in [0, 0.1) is 5.92 Å².